The lowest BCUT2D eigenvalue weighted by atomic mass is 10.3. The Morgan fingerprint density at radius 2 is 1.95 bits per heavy atom. The molecule has 0 radical (unpaired) electrons. The minimum absolute atomic E-state index is 0.387. The van der Waals surface area contributed by atoms with Crippen molar-refractivity contribution < 1.29 is 23.6 Å². The smallest absolute Gasteiger partial charge is 0.355 e. The van der Waals surface area contributed by atoms with Crippen LogP contribution >= 0.6 is 0 Å². The van der Waals surface area contributed by atoms with Gasteiger partial charge >= 0.3 is 5.97 Å². The number of ether oxygens (including phenoxy) is 1. The molecule has 0 N–H and O–H groups in total. The first-order valence-corrected chi connectivity index (χ1v) is 6.31. The summed E-state index contributed by atoms with van der Waals surface area (Å²) in [4.78, 5) is 30.3. The number of nitrogens with zero attached hydrogens (tertiary/aromatic N) is 2. The van der Waals surface area contributed by atoms with Crippen LogP contribution in [-0.2, 0) is 20.3 Å². The fourth-order valence-electron chi connectivity index (χ4n) is 1.33. The monoisotopic (exact) mass is 312 g/mol. The molecular formula is C11H8N2O7S. The lowest BCUT2D eigenvalue weighted by Crippen LogP contribution is -2.11. The second-order valence-corrected chi connectivity index (χ2v) is 4.82. The maximum Gasteiger partial charge on any atom is 0.355 e. The first-order valence-electron chi connectivity index (χ1n) is 5.16. The van der Waals surface area contributed by atoms with E-state index < -0.39 is 42.9 Å². The van der Waals surface area contributed by atoms with Crippen molar-refractivity contribution in [2.75, 3.05) is 7.11 Å². The number of carbonyl (C=O) groups is 1. The minimum atomic E-state index is -2.30. The normalized spacial score (nSPS) is 11.1. The summed E-state index contributed by atoms with van der Waals surface area (Å²) in [5.41, 5.74) is 0.802. The number of esters is 1. The van der Waals surface area contributed by atoms with Crippen molar-refractivity contribution in [1.29, 1.82) is 0 Å². The number of nitro groups is 2. The summed E-state index contributed by atoms with van der Waals surface area (Å²) in [5, 5.41) is 21.5. The first kappa shape index (κ1) is 16.2. The summed E-state index contributed by atoms with van der Waals surface area (Å²) in [6, 6.07) is 2.54. The third kappa shape index (κ3) is 3.38. The summed E-state index contributed by atoms with van der Waals surface area (Å²) in [6.07, 6.45) is 0. The van der Waals surface area contributed by atoms with Crippen LogP contribution in [-0.4, -0.2) is 27.1 Å². The van der Waals surface area contributed by atoms with E-state index in [2.05, 4.69) is 17.0 Å². The number of non-ortho nitro benzene ring substituents is 1. The number of methoxy groups -OCH3 is 1. The molecular weight excluding hydrogens is 304 g/mol. The molecule has 9 nitrogen and oxygen atoms in total. The zero-order chi connectivity index (χ0) is 16.2. The molecule has 0 amide bonds. The van der Waals surface area contributed by atoms with Crippen molar-refractivity contribution in [3.63, 3.8) is 0 Å². The molecule has 1 aromatic carbocycles. The largest absolute Gasteiger partial charge is 0.465 e. The third-order valence-electron chi connectivity index (χ3n) is 2.27. The summed E-state index contributed by atoms with van der Waals surface area (Å²) >= 11 is 0. The van der Waals surface area contributed by atoms with E-state index in [1.54, 1.807) is 0 Å². The van der Waals surface area contributed by atoms with Crippen molar-refractivity contribution >= 4 is 28.1 Å². The quantitative estimate of drug-likeness (QED) is 0.264. The Kier molecular flexibility index (Phi) is 5.06. The van der Waals surface area contributed by atoms with Crippen molar-refractivity contribution in [3.05, 3.63) is 55.6 Å². The van der Waals surface area contributed by atoms with Crippen LogP contribution in [0.15, 0.2) is 40.3 Å². The lowest BCUT2D eigenvalue weighted by Gasteiger charge is -2.04. The molecule has 1 atom stereocenters. The van der Waals surface area contributed by atoms with E-state index in [0.717, 1.165) is 19.2 Å². The molecule has 110 valence electrons. The molecule has 0 bridgehead atoms. The van der Waals surface area contributed by atoms with Crippen LogP contribution in [0.4, 0.5) is 11.4 Å². The molecule has 10 heteroatoms. The predicted octanol–water partition coefficient (Wildman–Crippen LogP) is 1.45. The minimum Gasteiger partial charge on any atom is -0.465 e. The number of rotatable bonds is 5. The van der Waals surface area contributed by atoms with Crippen molar-refractivity contribution in [1.82, 2.24) is 0 Å². The van der Waals surface area contributed by atoms with E-state index in [9.17, 15) is 29.2 Å². The van der Waals surface area contributed by atoms with Gasteiger partial charge in [0.05, 0.1) is 23.0 Å². The van der Waals surface area contributed by atoms with Crippen LogP contribution in [0.3, 0.4) is 0 Å². The number of hydrogen-bond donors (Lipinski definition) is 0. The Hall–Kier alpha value is -2.84. The highest BCUT2D eigenvalue weighted by atomic mass is 32.2. The van der Waals surface area contributed by atoms with Crippen LogP contribution in [0.5, 0.6) is 0 Å². The third-order valence-corrected chi connectivity index (χ3v) is 3.69. The zero-order valence-electron chi connectivity index (χ0n) is 10.6. The number of hydrogen-bond acceptors (Lipinski definition) is 7. The number of nitro benzene ring substituents is 2. The molecule has 0 spiro atoms. The van der Waals surface area contributed by atoms with Gasteiger partial charge in [0.1, 0.15) is 15.7 Å². The molecule has 1 unspecified atom stereocenters. The Labute approximate surface area is 120 Å². The predicted molar refractivity (Wildman–Crippen MR) is 70.8 cm³/mol. The van der Waals surface area contributed by atoms with Gasteiger partial charge in [-0.05, 0) is 6.07 Å². The first-order chi connectivity index (χ1) is 9.83. The number of benzene rings is 1. The van der Waals surface area contributed by atoms with Gasteiger partial charge in [-0.25, -0.2) is 9.00 Å². The number of carbonyl (C=O) groups excluding carboxylic acids is 1. The van der Waals surface area contributed by atoms with Crippen LogP contribution in [0, 0.1) is 20.2 Å². The Balaban J connectivity index is 3.46. The van der Waals surface area contributed by atoms with E-state index in [1.807, 2.05) is 0 Å². The fraction of sp³-hybridized carbons (Fsp3) is 0.0909. The van der Waals surface area contributed by atoms with E-state index >= 15 is 0 Å². The molecule has 0 fully saturated rings. The molecule has 0 aliphatic carbocycles. The fourth-order valence-corrected chi connectivity index (χ4v) is 2.44. The van der Waals surface area contributed by atoms with Crippen LogP contribution in [0.2, 0.25) is 0 Å². The topological polar surface area (TPSA) is 130 Å². The van der Waals surface area contributed by atoms with Gasteiger partial charge in [0.15, 0.2) is 4.91 Å². The molecule has 0 aromatic heterocycles. The van der Waals surface area contributed by atoms with E-state index in [1.165, 1.54) is 0 Å². The molecule has 0 aliphatic heterocycles. The summed E-state index contributed by atoms with van der Waals surface area (Å²) < 4.78 is 16.5. The van der Waals surface area contributed by atoms with E-state index in [0.29, 0.717) is 6.07 Å². The molecule has 0 saturated carbocycles. The Bertz CT molecular complexity index is 707. The van der Waals surface area contributed by atoms with Crippen LogP contribution in [0.1, 0.15) is 0 Å². The van der Waals surface area contributed by atoms with Crippen LogP contribution < -0.4 is 0 Å². The van der Waals surface area contributed by atoms with Gasteiger partial charge < -0.3 is 4.74 Å². The van der Waals surface area contributed by atoms with Crippen molar-refractivity contribution in [2.24, 2.45) is 0 Å². The SMILES string of the molecule is C=C=C(C(=O)OC)S(=O)c1ccc([N+](=O)[O-])cc1[N+](=O)[O-]. The van der Waals surface area contributed by atoms with Gasteiger partial charge in [0.2, 0.25) is 0 Å². The second-order valence-electron chi connectivity index (χ2n) is 3.43. The van der Waals surface area contributed by atoms with Crippen molar-refractivity contribution in [3.8, 4) is 0 Å². The van der Waals surface area contributed by atoms with Crippen molar-refractivity contribution in [2.45, 2.75) is 4.90 Å². The zero-order valence-corrected chi connectivity index (χ0v) is 11.4. The standard InChI is InChI=1S/C11H8N2O7S/c1-3-9(11(14)20-2)21(19)10-5-4-7(12(15)16)6-8(10)13(17)18/h4-6H,1H2,2H3. The van der Waals surface area contributed by atoms with Gasteiger partial charge in [0, 0.05) is 6.07 Å². The molecule has 0 aliphatic rings. The lowest BCUT2D eigenvalue weighted by molar-refractivity contribution is -0.396. The molecule has 0 saturated heterocycles. The van der Waals surface area contributed by atoms with Gasteiger partial charge in [-0.1, -0.05) is 6.58 Å². The van der Waals surface area contributed by atoms with Gasteiger partial charge in [0.25, 0.3) is 11.4 Å². The van der Waals surface area contributed by atoms with Gasteiger partial charge in [-0.3, -0.25) is 20.2 Å². The average molecular weight is 312 g/mol. The molecule has 1 aromatic rings. The highest BCUT2D eigenvalue weighted by molar-refractivity contribution is 7.90. The molecule has 1 rings (SSSR count). The summed E-state index contributed by atoms with van der Waals surface area (Å²) in [6.45, 7) is 3.16. The highest BCUT2D eigenvalue weighted by Gasteiger charge is 2.28. The summed E-state index contributed by atoms with van der Waals surface area (Å²) in [7, 11) is -1.27. The Morgan fingerprint density at radius 1 is 1.33 bits per heavy atom. The van der Waals surface area contributed by atoms with Gasteiger partial charge in [-0.2, -0.15) is 0 Å². The summed E-state index contributed by atoms with van der Waals surface area (Å²) in [5.74, 6) is -1.02. The second kappa shape index (κ2) is 6.55. The molecule has 21 heavy (non-hydrogen) atoms. The average Bonchev–Trinajstić information content (AvgIpc) is 2.46. The van der Waals surface area contributed by atoms with E-state index in [4.69, 9.17) is 0 Å². The van der Waals surface area contributed by atoms with E-state index in [-0.39, 0.29) is 4.90 Å². The van der Waals surface area contributed by atoms with Crippen LogP contribution in [0.25, 0.3) is 0 Å². The maximum atomic E-state index is 12.2. The van der Waals surface area contributed by atoms with Gasteiger partial charge in [-0.15, -0.1) is 5.73 Å². The highest BCUT2D eigenvalue weighted by Crippen LogP contribution is 2.29. The Morgan fingerprint density at radius 3 is 2.38 bits per heavy atom. The molecule has 0 heterocycles. The maximum absolute atomic E-state index is 12.2.